The van der Waals surface area contributed by atoms with Crippen molar-refractivity contribution in [3.05, 3.63) is 43.0 Å². The van der Waals surface area contributed by atoms with Crippen LogP contribution in [0.2, 0.25) is 0 Å². The van der Waals surface area contributed by atoms with Gasteiger partial charge in [-0.2, -0.15) is 4.52 Å². The highest BCUT2D eigenvalue weighted by Crippen LogP contribution is 2.23. The minimum atomic E-state index is 0.0214. The first-order valence-electron chi connectivity index (χ1n) is 7.92. The van der Waals surface area contributed by atoms with Crippen molar-refractivity contribution in [1.29, 1.82) is 0 Å². The molecule has 4 heterocycles. The van der Waals surface area contributed by atoms with Gasteiger partial charge in [0.2, 0.25) is 5.91 Å². The number of fused-ring (bicyclic) bond motifs is 1. The summed E-state index contributed by atoms with van der Waals surface area (Å²) in [7, 11) is 0. The number of hydrogen-bond acceptors (Lipinski definition) is 6. The topological polar surface area (TPSA) is 88.3 Å². The molecule has 0 unspecified atom stereocenters. The molecule has 1 amide bonds. The molecule has 1 saturated heterocycles. The van der Waals surface area contributed by atoms with E-state index in [-0.39, 0.29) is 11.8 Å². The molecule has 4 rings (SSSR count). The number of carbonyl (C=O) groups excluding carboxylic acids is 1. The van der Waals surface area contributed by atoms with Crippen LogP contribution in [0.15, 0.2) is 43.0 Å². The van der Waals surface area contributed by atoms with Gasteiger partial charge in [-0.15, -0.1) is 15.3 Å². The molecule has 0 atom stereocenters. The van der Waals surface area contributed by atoms with E-state index in [1.807, 2.05) is 12.1 Å². The molecule has 24 heavy (non-hydrogen) atoms. The van der Waals surface area contributed by atoms with Crippen molar-refractivity contribution in [1.82, 2.24) is 24.8 Å². The van der Waals surface area contributed by atoms with E-state index >= 15 is 0 Å². The summed E-state index contributed by atoms with van der Waals surface area (Å²) in [6.45, 7) is 1.60. The zero-order chi connectivity index (χ0) is 16.4. The molecule has 1 aliphatic rings. The van der Waals surface area contributed by atoms with Crippen LogP contribution in [0.4, 0.5) is 11.5 Å². The minimum absolute atomic E-state index is 0.0214. The second kappa shape index (κ2) is 6.23. The molecule has 1 N–H and O–H groups in total. The first kappa shape index (κ1) is 14.6. The second-order valence-electron chi connectivity index (χ2n) is 5.81. The molecule has 8 nitrogen and oxygen atoms in total. The van der Waals surface area contributed by atoms with Gasteiger partial charge in [0.1, 0.15) is 12.1 Å². The highest BCUT2D eigenvalue weighted by atomic mass is 16.1. The van der Waals surface area contributed by atoms with Gasteiger partial charge >= 0.3 is 0 Å². The Kier molecular flexibility index (Phi) is 3.78. The lowest BCUT2D eigenvalue weighted by molar-refractivity contribution is -0.120. The fourth-order valence-electron chi connectivity index (χ4n) is 2.94. The number of amides is 1. The number of anilines is 2. The molecule has 3 aromatic heterocycles. The van der Waals surface area contributed by atoms with E-state index in [1.54, 1.807) is 35.4 Å². The van der Waals surface area contributed by atoms with Crippen LogP contribution in [0.3, 0.4) is 0 Å². The van der Waals surface area contributed by atoms with Gasteiger partial charge in [0.25, 0.3) is 0 Å². The van der Waals surface area contributed by atoms with Crippen molar-refractivity contribution < 1.29 is 4.79 Å². The van der Waals surface area contributed by atoms with Crippen molar-refractivity contribution in [3.63, 3.8) is 0 Å². The minimum Gasteiger partial charge on any atom is -0.355 e. The number of carbonyl (C=O) groups is 1. The van der Waals surface area contributed by atoms with E-state index in [9.17, 15) is 4.79 Å². The lowest BCUT2D eigenvalue weighted by Crippen LogP contribution is -2.38. The van der Waals surface area contributed by atoms with Gasteiger partial charge in [-0.05, 0) is 37.1 Å². The van der Waals surface area contributed by atoms with Gasteiger partial charge in [0.05, 0.1) is 0 Å². The van der Waals surface area contributed by atoms with Crippen LogP contribution >= 0.6 is 0 Å². The van der Waals surface area contributed by atoms with Crippen molar-refractivity contribution in [3.8, 4) is 0 Å². The standard InChI is InChI=1S/C16H17N7O/c24-16(19-13-3-7-17-8-4-13)12-5-9-22(10-6-12)15-2-1-14-20-18-11-23(14)21-15/h1-4,7-8,11-12H,5-6,9-10H2,(H,17,19,24). The molecule has 0 aromatic carbocycles. The molecule has 3 aromatic rings. The van der Waals surface area contributed by atoms with Crippen LogP contribution in [-0.4, -0.2) is 43.8 Å². The van der Waals surface area contributed by atoms with Crippen LogP contribution < -0.4 is 10.2 Å². The van der Waals surface area contributed by atoms with Crippen molar-refractivity contribution in [2.45, 2.75) is 12.8 Å². The Balaban J connectivity index is 1.38. The first-order chi connectivity index (χ1) is 11.8. The number of nitrogens with one attached hydrogen (secondary N) is 1. The summed E-state index contributed by atoms with van der Waals surface area (Å²) >= 11 is 0. The summed E-state index contributed by atoms with van der Waals surface area (Å²) in [5.41, 5.74) is 1.52. The van der Waals surface area contributed by atoms with Gasteiger partial charge in [-0.25, -0.2) is 0 Å². The maximum atomic E-state index is 12.4. The summed E-state index contributed by atoms with van der Waals surface area (Å²) in [5.74, 6) is 0.978. The van der Waals surface area contributed by atoms with Crippen LogP contribution in [0.1, 0.15) is 12.8 Å². The zero-order valence-electron chi connectivity index (χ0n) is 13.0. The normalized spacial score (nSPS) is 15.6. The predicted molar refractivity (Wildman–Crippen MR) is 88.6 cm³/mol. The van der Waals surface area contributed by atoms with Gasteiger partial charge < -0.3 is 10.2 Å². The summed E-state index contributed by atoms with van der Waals surface area (Å²) in [6, 6.07) is 7.44. The van der Waals surface area contributed by atoms with Crippen molar-refractivity contribution >= 4 is 23.1 Å². The van der Waals surface area contributed by atoms with E-state index in [0.717, 1.165) is 43.1 Å². The summed E-state index contributed by atoms with van der Waals surface area (Å²) in [6.07, 6.45) is 6.54. The first-order valence-corrected chi connectivity index (χ1v) is 7.92. The predicted octanol–water partition coefficient (Wildman–Crippen LogP) is 1.37. The fraction of sp³-hybridized carbons (Fsp3) is 0.312. The van der Waals surface area contributed by atoms with Gasteiger partial charge in [0.15, 0.2) is 5.65 Å². The van der Waals surface area contributed by atoms with E-state index in [1.165, 1.54) is 0 Å². The number of pyridine rings is 1. The summed E-state index contributed by atoms with van der Waals surface area (Å²) in [4.78, 5) is 18.5. The molecule has 8 heteroatoms. The van der Waals surface area contributed by atoms with Crippen molar-refractivity contribution in [2.24, 2.45) is 5.92 Å². The molecule has 122 valence electrons. The van der Waals surface area contributed by atoms with Crippen molar-refractivity contribution in [2.75, 3.05) is 23.3 Å². The maximum absolute atomic E-state index is 12.4. The number of nitrogens with zero attached hydrogens (tertiary/aromatic N) is 6. The third-order valence-corrected chi connectivity index (χ3v) is 4.29. The SMILES string of the molecule is O=C(Nc1ccncc1)C1CCN(c2ccc3nncn3n2)CC1. The molecule has 0 spiro atoms. The lowest BCUT2D eigenvalue weighted by Gasteiger charge is -2.31. The Morgan fingerprint density at radius 3 is 2.71 bits per heavy atom. The molecule has 0 aliphatic carbocycles. The Morgan fingerprint density at radius 1 is 1.12 bits per heavy atom. The Morgan fingerprint density at radius 2 is 1.92 bits per heavy atom. The lowest BCUT2D eigenvalue weighted by atomic mass is 9.96. The average molecular weight is 323 g/mol. The number of rotatable bonds is 3. The average Bonchev–Trinajstić information content (AvgIpc) is 3.10. The highest BCUT2D eigenvalue weighted by Gasteiger charge is 2.25. The highest BCUT2D eigenvalue weighted by molar-refractivity contribution is 5.92. The Labute approximate surface area is 138 Å². The molecule has 1 fully saturated rings. The van der Waals surface area contributed by atoms with Gasteiger partial charge in [-0.3, -0.25) is 9.78 Å². The third kappa shape index (κ3) is 2.90. The van der Waals surface area contributed by atoms with E-state index < -0.39 is 0 Å². The van der Waals surface area contributed by atoms with Crippen LogP contribution in [0.25, 0.3) is 5.65 Å². The monoisotopic (exact) mass is 323 g/mol. The maximum Gasteiger partial charge on any atom is 0.227 e. The Bertz CT molecular complexity index is 840. The fourth-order valence-corrected chi connectivity index (χ4v) is 2.94. The molecule has 1 aliphatic heterocycles. The van der Waals surface area contributed by atoms with Gasteiger partial charge in [-0.1, -0.05) is 0 Å². The van der Waals surface area contributed by atoms with Gasteiger partial charge in [0, 0.05) is 37.1 Å². The van der Waals surface area contributed by atoms with Crippen LogP contribution in [0.5, 0.6) is 0 Å². The molecular formula is C16H17N7O. The number of piperidine rings is 1. The van der Waals surface area contributed by atoms with E-state index in [2.05, 4.69) is 30.5 Å². The van der Waals surface area contributed by atoms with E-state index in [0.29, 0.717) is 0 Å². The molecule has 0 saturated carbocycles. The summed E-state index contributed by atoms with van der Waals surface area (Å²) < 4.78 is 1.66. The zero-order valence-corrected chi connectivity index (χ0v) is 13.0. The van der Waals surface area contributed by atoms with E-state index in [4.69, 9.17) is 0 Å². The molecule has 0 radical (unpaired) electrons. The molecular weight excluding hydrogens is 306 g/mol. The number of hydrogen-bond donors (Lipinski definition) is 1. The smallest absolute Gasteiger partial charge is 0.227 e. The molecule has 0 bridgehead atoms. The van der Waals surface area contributed by atoms with Crippen LogP contribution in [-0.2, 0) is 4.79 Å². The number of aromatic nitrogens is 5. The third-order valence-electron chi connectivity index (χ3n) is 4.29. The quantitative estimate of drug-likeness (QED) is 0.783. The van der Waals surface area contributed by atoms with Crippen LogP contribution in [0, 0.1) is 5.92 Å². The Hall–Kier alpha value is -3.03. The second-order valence-corrected chi connectivity index (χ2v) is 5.81. The largest absolute Gasteiger partial charge is 0.355 e. The summed E-state index contributed by atoms with van der Waals surface area (Å²) in [5, 5.41) is 15.3.